The van der Waals surface area contributed by atoms with Gasteiger partial charge in [0.1, 0.15) is 0 Å². The molecule has 2 unspecified atom stereocenters. The summed E-state index contributed by atoms with van der Waals surface area (Å²) in [5.41, 5.74) is 0. The predicted octanol–water partition coefficient (Wildman–Crippen LogP) is 0.823. The Balaban J connectivity index is 2.24. The molecule has 0 saturated heterocycles. The van der Waals surface area contributed by atoms with Gasteiger partial charge >= 0.3 is 0 Å². The topological polar surface area (TPSA) is 20.2 Å². The molecule has 0 spiro atoms. The van der Waals surface area contributed by atoms with Crippen LogP contribution in [0.3, 0.4) is 0 Å². The lowest BCUT2D eigenvalue weighted by Gasteiger charge is -1.78. The molecule has 0 aromatic carbocycles. The molecule has 1 aliphatic rings. The summed E-state index contributed by atoms with van der Waals surface area (Å²) in [5.74, 6) is 0.156. The van der Waals surface area contributed by atoms with E-state index in [2.05, 4.69) is 0 Å². The first-order chi connectivity index (χ1) is 3.27. The van der Waals surface area contributed by atoms with Gasteiger partial charge in [-0.05, 0) is 0 Å². The van der Waals surface area contributed by atoms with Crippen molar-refractivity contribution in [2.75, 3.05) is 6.61 Å². The van der Waals surface area contributed by atoms with E-state index in [9.17, 15) is 0 Å². The lowest BCUT2D eigenvalue weighted by atomic mass is 10.5. The summed E-state index contributed by atoms with van der Waals surface area (Å²) in [4.78, 5) is 0. The minimum absolute atomic E-state index is 0.0201. The maximum Gasteiger partial charge on any atom is 0.0568 e. The summed E-state index contributed by atoms with van der Waals surface area (Å²) in [5, 5.41) is 8.42. The van der Waals surface area contributed by atoms with Crippen LogP contribution in [0.4, 0.5) is 0 Å². The van der Waals surface area contributed by atoms with Gasteiger partial charge in [-0.2, -0.15) is 0 Å². The monoisotopic (exact) mass is 140 g/mol. The number of aliphatic hydroxyl groups excluding tert-OH is 1. The molecular formula is C4H6Cl2O. The van der Waals surface area contributed by atoms with Crippen LogP contribution >= 0.6 is 23.2 Å². The lowest BCUT2D eigenvalue weighted by Crippen LogP contribution is -1.86. The van der Waals surface area contributed by atoms with Gasteiger partial charge in [-0.3, -0.25) is 0 Å². The zero-order valence-electron chi connectivity index (χ0n) is 3.64. The molecule has 1 N–H and O–H groups in total. The molecule has 0 aromatic heterocycles. The van der Waals surface area contributed by atoms with Crippen LogP contribution in [-0.4, -0.2) is 22.5 Å². The molecule has 1 rings (SSSR count). The summed E-state index contributed by atoms with van der Waals surface area (Å²) in [6.45, 7) is 0.127. The highest BCUT2D eigenvalue weighted by Gasteiger charge is 2.47. The van der Waals surface area contributed by atoms with Crippen molar-refractivity contribution in [1.29, 1.82) is 0 Å². The first-order valence-corrected chi connectivity index (χ1v) is 3.03. The minimum Gasteiger partial charge on any atom is -0.396 e. The zero-order chi connectivity index (χ0) is 5.44. The summed E-state index contributed by atoms with van der Waals surface area (Å²) >= 11 is 11.0. The molecule has 0 bridgehead atoms. The van der Waals surface area contributed by atoms with E-state index < -0.39 is 0 Å². The van der Waals surface area contributed by atoms with Crippen LogP contribution in [0.1, 0.15) is 0 Å². The van der Waals surface area contributed by atoms with Crippen molar-refractivity contribution < 1.29 is 5.11 Å². The first kappa shape index (κ1) is 5.67. The van der Waals surface area contributed by atoms with Crippen LogP contribution in [0.2, 0.25) is 0 Å². The van der Waals surface area contributed by atoms with Gasteiger partial charge in [0.15, 0.2) is 0 Å². The Labute approximate surface area is 52.2 Å². The van der Waals surface area contributed by atoms with E-state index >= 15 is 0 Å². The number of alkyl halides is 2. The van der Waals surface area contributed by atoms with Crippen LogP contribution in [0, 0.1) is 5.92 Å². The lowest BCUT2D eigenvalue weighted by molar-refractivity contribution is 0.277. The fourth-order valence-corrected chi connectivity index (χ4v) is 1.25. The summed E-state index contributed by atoms with van der Waals surface area (Å²) < 4.78 is 0. The normalized spacial score (nSPS) is 49.3. The molecule has 0 aromatic rings. The van der Waals surface area contributed by atoms with E-state index in [0.717, 1.165) is 0 Å². The number of hydrogen-bond acceptors (Lipinski definition) is 1. The van der Waals surface area contributed by atoms with Crippen molar-refractivity contribution >= 4 is 23.2 Å². The SMILES string of the molecule is OCC1C(Cl)C1Cl. The van der Waals surface area contributed by atoms with Crippen molar-refractivity contribution in [3.8, 4) is 0 Å². The molecule has 42 valence electrons. The fourth-order valence-electron chi connectivity index (χ4n) is 0.494. The summed E-state index contributed by atoms with van der Waals surface area (Å²) in [6, 6.07) is 0. The third-order valence-electron chi connectivity index (χ3n) is 1.19. The molecule has 1 saturated carbocycles. The Kier molecular flexibility index (Phi) is 1.46. The van der Waals surface area contributed by atoms with Crippen LogP contribution in [0.25, 0.3) is 0 Å². The maximum absolute atomic E-state index is 8.38. The number of hydrogen-bond donors (Lipinski definition) is 1. The van der Waals surface area contributed by atoms with Crippen LogP contribution in [0.5, 0.6) is 0 Å². The van der Waals surface area contributed by atoms with E-state index in [1.54, 1.807) is 0 Å². The van der Waals surface area contributed by atoms with Crippen molar-refractivity contribution in [3.63, 3.8) is 0 Å². The van der Waals surface area contributed by atoms with Gasteiger partial charge in [-0.25, -0.2) is 0 Å². The molecule has 3 heteroatoms. The van der Waals surface area contributed by atoms with Crippen LogP contribution in [0.15, 0.2) is 0 Å². The van der Waals surface area contributed by atoms with Crippen molar-refractivity contribution in [1.82, 2.24) is 0 Å². The largest absolute Gasteiger partial charge is 0.396 e. The predicted molar refractivity (Wildman–Crippen MR) is 29.9 cm³/mol. The molecule has 1 nitrogen and oxygen atoms in total. The summed E-state index contributed by atoms with van der Waals surface area (Å²) in [7, 11) is 0. The molecule has 1 aliphatic carbocycles. The highest BCUT2D eigenvalue weighted by Crippen LogP contribution is 2.40. The standard InChI is InChI=1S/C4H6Cl2O/c5-3-2(1-7)4(3)6/h2-4,7H,1H2. The van der Waals surface area contributed by atoms with E-state index in [1.807, 2.05) is 0 Å². The minimum atomic E-state index is 0.0201. The average Bonchev–Trinajstić information content (AvgIpc) is 2.17. The second-order valence-electron chi connectivity index (χ2n) is 1.74. The van der Waals surface area contributed by atoms with E-state index in [0.29, 0.717) is 0 Å². The van der Waals surface area contributed by atoms with Gasteiger partial charge in [0.25, 0.3) is 0 Å². The second kappa shape index (κ2) is 1.81. The second-order valence-corrected chi connectivity index (χ2v) is 2.74. The Morgan fingerprint density at radius 3 is 1.71 bits per heavy atom. The van der Waals surface area contributed by atoms with Crippen molar-refractivity contribution in [3.05, 3.63) is 0 Å². The zero-order valence-corrected chi connectivity index (χ0v) is 5.15. The van der Waals surface area contributed by atoms with E-state index in [4.69, 9.17) is 28.3 Å². The van der Waals surface area contributed by atoms with Gasteiger partial charge < -0.3 is 5.11 Å². The maximum atomic E-state index is 8.38. The Morgan fingerprint density at radius 1 is 1.29 bits per heavy atom. The fraction of sp³-hybridized carbons (Fsp3) is 1.00. The van der Waals surface area contributed by atoms with Gasteiger partial charge in [0, 0.05) is 12.5 Å². The molecule has 0 radical (unpaired) electrons. The molecule has 2 atom stereocenters. The smallest absolute Gasteiger partial charge is 0.0568 e. The molecule has 1 fully saturated rings. The van der Waals surface area contributed by atoms with Crippen molar-refractivity contribution in [2.45, 2.75) is 10.8 Å². The average molecular weight is 141 g/mol. The third kappa shape index (κ3) is 0.857. The first-order valence-electron chi connectivity index (χ1n) is 2.16. The Morgan fingerprint density at radius 2 is 1.71 bits per heavy atom. The van der Waals surface area contributed by atoms with Gasteiger partial charge in [-0.1, -0.05) is 0 Å². The molecule has 0 heterocycles. The highest BCUT2D eigenvalue weighted by molar-refractivity contribution is 6.34. The third-order valence-corrected chi connectivity index (χ3v) is 2.51. The molecular weight excluding hydrogens is 135 g/mol. The molecule has 7 heavy (non-hydrogen) atoms. The van der Waals surface area contributed by atoms with E-state index in [1.165, 1.54) is 0 Å². The van der Waals surface area contributed by atoms with Crippen molar-refractivity contribution in [2.24, 2.45) is 5.92 Å². The quantitative estimate of drug-likeness (QED) is 0.536. The van der Waals surface area contributed by atoms with Crippen LogP contribution in [-0.2, 0) is 0 Å². The summed E-state index contributed by atoms with van der Waals surface area (Å²) in [6.07, 6.45) is 0. The number of aliphatic hydroxyl groups is 1. The number of rotatable bonds is 1. The van der Waals surface area contributed by atoms with Crippen LogP contribution < -0.4 is 0 Å². The highest BCUT2D eigenvalue weighted by atomic mass is 35.5. The Hall–Kier alpha value is 0.540. The van der Waals surface area contributed by atoms with Gasteiger partial charge in [-0.15, -0.1) is 23.2 Å². The van der Waals surface area contributed by atoms with Gasteiger partial charge in [0.05, 0.1) is 10.8 Å². The molecule has 0 amide bonds. The van der Waals surface area contributed by atoms with E-state index in [-0.39, 0.29) is 23.3 Å². The molecule has 0 aliphatic heterocycles. The Bertz CT molecular complexity index is 68.1. The van der Waals surface area contributed by atoms with Gasteiger partial charge in [0.2, 0.25) is 0 Å². The number of halogens is 2.